The summed E-state index contributed by atoms with van der Waals surface area (Å²) >= 11 is 0. The number of hydrogen-bond acceptors (Lipinski definition) is 3. The predicted molar refractivity (Wildman–Crippen MR) is 92.9 cm³/mol. The third-order valence-electron chi connectivity index (χ3n) is 3.47. The Kier molecular flexibility index (Phi) is 5.86. The normalized spacial score (nSPS) is 11.2. The van der Waals surface area contributed by atoms with E-state index >= 15 is 0 Å². The van der Waals surface area contributed by atoms with Gasteiger partial charge in [-0.25, -0.2) is 4.99 Å². The van der Waals surface area contributed by atoms with Crippen LogP contribution in [0.15, 0.2) is 47.5 Å². The molecule has 0 spiro atoms. The second-order valence-corrected chi connectivity index (χ2v) is 5.23. The van der Waals surface area contributed by atoms with Gasteiger partial charge < -0.3 is 20.5 Å². The Morgan fingerprint density at radius 2 is 1.65 bits per heavy atom. The fraction of sp³-hybridized carbons (Fsp3) is 0.278. The zero-order valence-corrected chi connectivity index (χ0v) is 13.8. The van der Waals surface area contributed by atoms with Gasteiger partial charge in [-0.3, -0.25) is 0 Å². The summed E-state index contributed by atoms with van der Waals surface area (Å²) in [5.41, 5.74) is 9.32. The van der Waals surface area contributed by atoms with Crippen LogP contribution in [-0.4, -0.2) is 20.2 Å². The Morgan fingerprint density at radius 1 is 1.00 bits per heavy atom. The number of guanidine groups is 1. The van der Waals surface area contributed by atoms with Crippen molar-refractivity contribution in [3.63, 3.8) is 0 Å². The van der Waals surface area contributed by atoms with Gasteiger partial charge in [0.2, 0.25) is 0 Å². The summed E-state index contributed by atoms with van der Waals surface area (Å²) in [6.45, 7) is 3.20. The molecule has 0 fully saturated rings. The third kappa shape index (κ3) is 4.92. The number of methoxy groups -OCH3 is 2. The number of rotatable bonds is 6. The SMILES string of the molecule is COc1ccc(CN=C(N)NCc2ccc(C)cc2)cc1OC. The summed E-state index contributed by atoms with van der Waals surface area (Å²) in [6, 6.07) is 14.0. The van der Waals surface area contributed by atoms with Crippen LogP contribution in [-0.2, 0) is 13.1 Å². The molecule has 0 saturated carbocycles. The molecular weight excluding hydrogens is 290 g/mol. The lowest BCUT2D eigenvalue weighted by Crippen LogP contribution is -2.31. The van der Waals surface area contributed by atoms with E-state index in [2.05, 4.69) is 41.5 Å². The fourth-order valence-corrected chi connectivity index (χ4v) is 2.11. The van der Waals surface area contributed by atoms with Gasteiger partial charge in [0.1, 0.15) is 0 Å². The third-order valence-corrected chi connectivity index (χ3v) is 3.47. The topological polar surface area (TPSA) is 68.9 Å². The second kappa shape index (κ2) is 8.08. The maximum atomic E-state index is 5.91. The van der Waals surface area contributed by atoms with Gasteiger partial charge in [0.25, 0.3) is 0 Å². The highest BCUT2D eigenvalue weighted by Crippen LogP contribution is 2.27. The average Bonchev–Trinajstić information content (AvgIpc) is 2.59. The molecule has 5 heteroatoms. The maximum Gasteiger partial charge on any atom is 0.189 e. The van der Waals surface area contributed by atoms with E-state index in [4.69, 9.17) is 15.2 Å². The van der Waals surface area contributed by atoms with E-state index in [0.717, 1.165) is 5.56 Å². The van der Waals surface area contributed by atoms with Gasteiger partial charge in [-0.15, -0.1) is 0 Å². The van der Waals surface area contributed by atoms with Gasteiger partial charge in [0.15, 0.2) is 17.5 Å². The molecule has 23 heavy (non-hydrogen) atoms. The summed E-state index contributed by atoms with van der Waals surface area (Å²) in [7, 11) is 3.23. The zero-order valence-electron chi connectivity index (χ0n) is 13.8. The molecule has 0 aliphatic heterocycles. The van der Waals surface area contributed by atoms with Crippen LogP contribution >= 0.6 is 0 Å². The van der Waals surface area contributed by atoms with Crippen LogP contribution in [0.3, 0.4) is 0 Å². The highest BCUT2D eigenvalue weighted by molar-refractivity contribution is 5.77. The molecule has 0 aromatic heterocycles. The number of hydrogen-bond donors (Lipinski definition) is 2. The quantitative estimate of drug-likeness (QED) is 0.635. The summed E-state index contributed by atoms with van der Waals surface area (Å²) in [5, 5.41) is 3.11. The van der Waals surface area contributed by atoms with E-state index in [0.29, 0.717) is 30.5 Å². The molecule has 2 rings (SSSR count). The van der Waals surface area contributed by atoms with E-state index in [9.17, 15) is 0 Å². The Bertz CT molecular complexity index is 666. The second-order valence-electron chi connectivity index (χ2n) is 5.23. The van der Waals surface area contributed by atoms with Crippen LogP contribution < -0.4 is 20.5 Å². The molecular formula is C18H23N3O2. The van der Waals surface area contributed by atoms with Crippen molar-refractivity contribution >= 4 is 5.96 Å². The molecule has 0 aliphatic carbocycles. The van der Waals surface area contributed by atoms with E-state index in [1.165, 1.54) is 11.1 Å². The lowest BCUT2D eigenvalue weighted by molar-refractivity contribution is 0.354. The van der Waals surface area contributed by atoms with Gasteiger partial charge in [-0.2, -0.15) is 0 Å². The lowest BCUT2D eigenvalue weighted by atomic mass is 10.1. The molecule has 2 aromatic rings. The van der Waals surface area contributed by atoms with Crippen molar-refractivity contribution in [2.45, 2.75) is 20.0 Å². The summed E-state index contributed by atoms with van der Waals surface area (Å²) in [5.74, 6) is 1.80. The molecule has 5 nitrogen and oxygen atoms in total. The van der Waals surface area contributed by atoms with Gasteiger partial charge in [-0.1, -0.05) is 35.9 Å². The number of benzene rings is 2. The highest BCUT2D eigenvalue weighted by atomic mass is 16.5. The Labute approximate surface area is 137 Å². The molecule has 2 aromatic carbocycles. The largest absolute Gasteiger partial charge is 0.493 e. The maximum absolute atomic E-state index is 5.91. The van der Waals surface area contributed by atoms with Crippen LogP contribution in [0.2, 0.25) is 0 Å². The highest BCUT2D eigenvalue weighted by Gasteiger charge is 2.04. The summed E-state index contributed by atoms with van der Waals surface area (Å²) in [4.78, 5) is 4.34. The molecule has 122 valence electrons. The zero-order chi connectivity index (χ0) is 16.7. The first-order valence-electron chi connectivity index (χ1n) is 7.42. The number of nitrogens with one attached hydrogen (secondary N) is 1. The van der Waals surface area contributed by atoms with Crippen molar-refractivity contribution in [1.82, 2.24) is 5.32 Å². The molecule has 3 N–H and O–H groups in total. The number of ether oxygens (including phenoxy) is 2. The minimum absolute atomic E-state index is 0.417. The van der Waals surface area contributed by atoms with Crippen molar-refractivity contribution in [1.29, 1.82) is 0 Å². The first kappa shape index (κ1) is 16.7. The molecule has 0 unspecified atom stereocenters. The van der Waals surface area contributed by atoms with Gasteiger partial charge in [0, 0.05) is 6.54 Å². The minimum atomic E-state index is 0.417. The van der Waals surface area contributed by atoms with Crippen molar-refractivity contribution in [2.24, 2.45) is 10.7 Å². The smallest absolute Gasteiger partial charge is 0.189 e. The van der Waals surface area contributed by atoms with Crippen molar-refractivity contribution < 1.29 is 9.47 Å². The molecule has 0 atom stereocenters. The van der Waals surface area contributed by atoms with Crippen LogP contribution in [0.4, 0.5) is 0 Å². The summed E-state index contributed by atoms with van der Waals surface area (Å²) in [6.07, 6.45) is 0. The average molecular weight is 313 g/mol. The minimum Gasteiger partial charge on any atom is -0.493 e. The van der Waals surface area contributed by atoms with Crippen LogP contribution in [0.1, 0.15) is 16.7 Å². The van der Waals surface area contributed by atoms with Crippen LogP contribution in [0, 0.1) is 6.92 Å². The lowest BCUT2D eigenvalue weighted by Gasteiger charge is -2.09. The predicted octanol–water partition coefficient (Wildman–Crippen LogP) is 2.62. The molecule has 0 saturated heterocycles. The number of aliphatic imine (C=N–C) groups is 1. The number of nitrogens with zero attached hydrogens (tertiary/aromatic N) is 1. The Balaban J connectivity index is 1.92. The van der Waals surface area contributed by atoms with E-state index in [1.54, 1.807) is 14.2 Å². The summed E-state index contributed by atoms with van der Waals surface area (Å²) < 4.78 is 10.5. The molecule has 0 bridgehead atoms. The van der Waals surface area contributed by atoms with Crippen LogP contribution in [0.5, 0.6) is 11.5 Å². The molecule has 0 amide bonds. The van der Waals surface area contributed by atoms with E-state index in [1.807, 2.05) is 18.2 Å². The number of nitrogens with two attached hydrogens (primary N) is 1. The monoisotopic (exact) mass is 313 g/mol. The van der Waals surface area contributed by atoms with Gasteiger partial charge >= 0.3 is 0 Å². The van der Waals surface area contributed by atoms with Crippen molar-refractivity contribution in [2.75, 3.05) is 14.2 Å². The van der Waals surface area contributed by atoms with E-state index < -0.39 is 0 Å². The van der Waals surface area contributed by atoms with E-state index in [-0.39, 0.29) is 0 Å². The standard InChI is InChI=1S/C18H23N3O2/c1-13-4-6-14(7-5-13)11-20-18(19)21-12-15-8-9-16(22-2)17(10-15)23-3/h4-10H,11-12H2,1-3H3,(H3,19,20,21). The first-order chi connectivity index (χ1) is 11.1. The number of aryl methyl sites for hydroxylation is 1. The molecule has 0 heterocycles. The molecule has 0 aliphatic rings. The van der Waals surface area contributed by atoms with Crippen LogP contribution in [0.25, 0.3) is 0 Å². The van der Waals surface area contributed by atoms with Gasteiger partial charge in [-0.05, 0) is 30.2 Å². The van der Waals surface area contributed by atoms with Gasteiger partial charge in [0.05, 0.1) is 20.8 Å². The van der Waals surface area contributed by atoms with Crippen molar-refractivity contribution in [3.8, 4) is 11.5 Å². The molecule has 0 radical (unpaired) electrons. The fourth-order valence-electron chi connectivity index (χ4n) is 2.11. The first-order valence-corrected chi connectivity index (χ1v) is 7.42. The Hall–Kier alpha value is -2.69. The van der Waals surface area contributed by atoms with Crippen molar-refractivity contribution in [3.05, 3.63) is 59.2 Å². The Morgan fingerprint density at radius 3 is 2.30 bits per heavy atom.